The molecule has 0 bridgehead atoms. The Labute approximate surface area is 128 Å². The number of nitrogens with one attached hydrogen (secondary N) is 1. The number of hydrogen-bond donors (Lipinski definition) is 2. The molecule has 1 atom stereocenters. The van der Waals surface area contributed by atoms with Crippen LogP contribution in [0, 0.1) is 0 Å². The molecule has 0 fully saturated rings. The van der Waals surface area contributed by atoms with Gasteiger partial charge >= 0.3 is 0 Å². The summed E-state index contributed by atoms with van der Waals surface area (Å²) in [4.78, 5) is 5.35. The monoisotopic (exact) mass is 307 g/mol. The van der Waals surface area contributed by atoms with Crippen molar-refractivity contribution in [3.05, 3.63) is 53.3 Å². The van der Waals surface area contributed by atoms with Gasteiger partial charge in [0, 0.05) is 39.8 Å². The van der Waals surface area contributed by atoms with Crippen molar-refractivity contribution in [2.24, 2.45) is 0 Å². The van der Waals surface area contributed by atoms with Crippen LogP contribution in [-0.2, 0) is 6.42 Å². The van der Waals surface area contributed by atoms with Crippen LogP contribution in [-0.4, -0.2) is 23.8 Å². The third kappa shape index (κ3) is 4.40. The first-order valence-electron chi connectivity index (χ1n) is 6.43. The molecule has 0 aliphatic rings. The maximum atomic E-state index is 5.96. The van der Waals surface area contributed by atoms with E-state index >= 15 is 0 Å². The maximum absolute atomic E-state index is 5.96. The van der Waals surface area contributed by atoms with Gasteiger partial charge < -0.3 is 11.1 Å². The van der Waals surface area contributed by atoms with Crippen LogP contribution >= 0.6 is 23.4 Å². The van der Waals surface area contributed by atoms with Crippen LogP contribution in [0.5, 0.6) is 0 Å². The zero-order chi connectivity index (χ0) is 14.4. The second kappa shape index (κ2) is 7.53. The quantitative estimate of drug-likeness (QED) is 0.804. The number of rotatable bonds is 6. The molecule has 0 saturated heterocycles. The van der Waals surface area contributed by atoms with Crippen molar-refractivity contribution in [3.63, 3.8) is 0 Å². The lowest BCUT2D eigenvalue weighted by Crippen LogP contribution is -2.30. The van der Waals surface area contributed by atoms with E-state index in [4.69, 9.17) is 17.3 Å². The van der Waals surface area contributed by atoms with Crippen LogP contribution in [0.3, 0.4) is 0 Å². The number of likely N-dealkylation sites (N-methyl/N-ethyl adjacent to an activating group) is 1. The molecule has 3 nitrogen and oxygen atoms in total. The third-order valence-electron chi connectivity index (χ3n) is 3.08. The molecule has 2 rings (SSSR count). The largest absolute Gasteiger partial charge is 0.398 e. The van der Waals surface area contributed by atoms with Gasteiger partial charge in [0.05, 0.1) is 0 Å². The Kier molecular flexibility index (Phi) is 5.71. The minimum absolute atomic E-state index is 0.349. The lowest BCUT2D eigenvalue weighted by molar-refractivity contribution is 0.617. The molecule has 0 aliphatic heterocycles. The Morgan fingerprint density at radius 1 is 1.30 bits per heavy atom. The number of anilines is 1. The summed E-state index contributed by atoms with van der Waals surface area (Å²) in [5.74, 6) is 0.965. The highest BCUT2D eigenvalue weighted by Gasteiger charge is 2.10. The molecule has 1 unspecified atom stereocenters. The fraction of sp³-hybridized carbons (Fsp3) is 0.267. The van der Waals surface area contributed by atoms with Crippen molar-refractivity contribution in [2.45, 2.75) is 17.4 Å². The minimum Gasteiger partial charge on any atom is -0.398 e. The van der Waals surface area contributed by atoms with Gasteiger partial charge in [0.1, 0.15) is 0 Å². The standard InChI is InChI=1S/C15H18ClN3S/c1-18-13(8-11-9-19-7-6-15(11)17)10-20-14-4-2-12(16)3-5-14/h2-7,9,13,18H,8,10H2,1H3,(H2,17,19). The average Bonchev–Trinajstić information content (AvgIpc) is 2.47. The summed E-state index contributed by atoms with van der Waals surface area (Å²) in [6, 6.07) is 10.1. The molecule has 2 aromatic rings. The predicted molar refractivity (Wildman–Crippen MR) is 87.4 cm³/mol. The highest BCUT2D eigenvalue weighted by Crippen LogP contribution is 2.22. The number of nitrogens with two attached hydrogens (primary N) is 1. The zero-order valence-electron chi connectivity index (χ0n) is 11.3. The number of halogens is 1. The Hall–Kier alpha value is -1.23. The van der Waals surface area contributed by atoms with Gasteiger partial charge in [0.2, 0.25) is 0 Å². The Bertz CT molecular complexity index is 545. The van der Waals surface area contributed by atoms with Gasteiger partial charge in [-0.15, -0.1) is 11.8 Å². The molecule has 5 heteroatoms. The van der Waals surface area contributed by atoms with Crippen molar-refractivity contribution < 1.29 is 0 Å². The number of thioether (sulfide) groups is 1. The topological polar surface area (TPSA) is 50.9 Å². The predicted octanol–water partition coefficient (Wildman–Crippen LogP) is 3.24. The molecule has 1 heterocycles. The van der Waals surface area contributed by atoms with E-state index in [0.29, 0.717) is 6.04 Å². The summed E-state index contributed by atoms with van der Waals surface area (Å²) >= 11 is 7.69. The van der Waals surface area contributed by atoms with E-state index in [9.17, 15) is 0 Å². The number of pyridine rings is 1. The summed E-state index contributed by atoms with van der Waals surface area (Å²) in [6.07, 6.45) is 4.43. The van der Waals surface area contributed by atoms with E-state index in [1.54, 1.807) is 18.0 Å². The second-order valence-electron chi connectivity index (χ2n) is 4.53. The number of nitrogens with zero attached hydrogens (tertiary/aromatic N) is 1. The molecule has 1 aromatic carbocycles. The highest BCUT2D eigenvalue weighted by atomic mass is 35.5. The van der Waals surface area contributed by atoms with Crippen molar-refractivity contribution in [2.75, 3.05) is 18.5 Å². The van der Waals surface area contributed by atoms with Crippen LogP contribution in [0.15, 0.2) is 47.6 Å². The molecular formula is C15H18ClN3S. The molecular weight excluding hydrogens is 290 g/mol. The summed E-state index contributed by atoms with van der Waals surface area (Å²) in [6.45, 7) is 0. The maximum Gasteiger partial charge on any atom is 0.0406 e. The smallest absolute Gasteiger partial charge is 0.0406 e. The van der Waals surface area contributed by atoms with E-state index < -0.39 is 0 Å². The number of aromatic nitrogens is 1. The van der Waals surface area contributed by atoms with E-state index in [-0.39, 0.29) is 0 Å². The number of nitrogen functional groups attached to an aromatic ring is 1. The fourth-order valence-electron chi connectivity index (χ4n) is 1.85. The van der Waals surface area contributed by atoms with Gasteiger partial charge in [-0.1, -0.05) is 11.6 Å². The molecule has 0 aliphatic carbocycles. The molecule has 0 radical (unpaired) electrons. The molecule has 0 amide bonds. The zero-order valence-corrected chi connectivity index (χ0v) is 12.9. The Balaban J connectivity index is 1.92. The van der Waals surface area contributed by atoms with Crippen LogP contribution in [0.4, 0.5) is 5.69 Å². The average molecular weight is 308 g/mol. The van der Waals surface area contributed by atoms with Crippen LogP contribution in [0.25, 0.3) is 0 Å². The summed E-state index contributed by atoms with van der Waals surface area (Å²) < 4.78 is 0. The number of benzene rings is 1. The highest BCUT2D eigenvalue weighted by molar-refractivity contribution is 7.99. The van der Waals surface area contributed by atoms with Crippen molar-refractivity contribution in [3.8, 4) is 0 Å². The molecule has 1 aromatic heterocycles. The van der Waals surface area contributed by atoms with Crippen molar-refractivity contribution in [1.29, 1.82) is 0 Å². The molecule has 106 valence electrons. The normalized spacial score (nSPS) is 12.3. The van der Waals surface area contributed by atoms with Gasteiger partial charge in [-0.05, 0) is 49.4 Å². The fourth-order valence-corrected chi connectivity index (χ4v) is 2.98. The van der Waals surface area contributed by atoms with Gasteiger partial charge in [0.25, 0.3) is 0 Å². The molecule has 3 N–H and O–H groups in total. The molecule has 0 saturated carbocycles. The lowest BCUT2D eigenvalue weighted by Gasteiger charge is -2.16. The minimum atomic E-state index is 0.349. The van der Waals surface area contributed by atoms with E-state index in [0.717, 1.165) is 28.4 Å². The van der Waals surface area contributed by atoms with Crippen molar-refractivity contribution >= 4 is 29.1 Å². The second-order valence-corrected chi connectivity index (χ2v) is 6.06. The summed E-state index contributed by atoms with van der Waals surface area (Å²) in [5.41, 5.74) is 7.85. The third-order valence-corrected chi connectivity index (χ3v) is 4.51. The van der Waals surface area contributed by atoms with Crippen LogP contribution in [0.2, 0.25) is 5.02 Å². The van der Waals surface area contributed by atoms with E-state index in [1.165, 1.54) is 4.90 Å². The van der Waals surface area contributed by atoms with Crippen LogP contribution in [0.1, 0.15) is 5.56 Å². The van der Waals surface area contributed by atoms with E-state index in [2.05, 4.69) is 10.3 Å². The number of hydrogen-bond acceptors (Lipinski definition) is 4. The Morgan fingerprint density at radius 3 is 2.70 bits per heavy atom. The lowest BCUT2D eigenvalue weighted by atomic mass is 10.1. The van der Waals surface area contributed by atoms with Gasteiger partial charge in [-0.2, -0.15) is 0 Å². The van der Waals surface area contributed by atoms with Gasteiger partial charge in [0.15, 0.2) is 0 Å². The summed E-state index contributed by atoms with van der Waals surface area (Å²) in [5, 5.41) is 4.10. The van der Waals surface area contributed by atoms with E-state index in [1.807, 2.05) is 43.6 Å². The first-order valence-corrected chi connectivity index (χ1v) is 7.79. The molecule has 20 heavy (non-hydrogen) atoms. The molecule has 0 spiro atoms. The van der Waals surface area contributed by atoms with Gasteiger partial charge in [-0.25, -0.2) is 0 Å². The first-order chi connectivity index (χ1) is 9.69. The summed E-state index contributed by atoms with van der Waals surface area (Å²) in [7, 11) is 1.97. The van der Waals surface area contributed by atoms with Crippen LogP contribution < -0.4 is 11.1 Å². The van der Waals surface area contributed by atoms with Gasteiger partial charge in [-0.3, -0.25) is 4.98 Å². The SMILES string of the molecule is CNC(CSc1ccc(Cl)cc1)Cc1cnccc1N. The van der Waals surface area contributed by atoms with Crippen molar-refractivity contribution in [1.82, 2.24) is 10.3 Å². The first kappa shape index (κ1) is 15.2. The Morgan fingerprint density at radius 2 is 2.05 bits per heavy atom.